The van der Waals surface area contributed by atoms with Crippen molar-refractivity contribution in [2.45, 2.75) is 96.3 Å². The monoisotopic (exact) mass is 372 g/mol. The molecular formula is C25H40O2. The van der Waals surface area contributed by atoms with Crippen molar-refractivity contribution >= 4 is 5.97 Å². The standard InChI is InChI=1S/C25H40O2/c1-3-4-5-9-13-18-23(24-20-15-12-16-21-24)19-14-10-7-6-8-11-17-22-25(26)27-2/h12,14-16,19-21,23H,3-11,13,17-18,22H2,1-2H3/b19-14+. The number of unbranched alkanes of at least 4 members (excludes halogenated alkanes) is 9. The molecule has 0 aliphatic rings. The second-order valence-electron chi connectivity index (χ2n) is 7.53. The molecule has 1 aromatic carbocycles. The van der Waals surface area contributed by atoms with Crippen molar-refractivity contribution in [3.63, 3.8) is 0 Å². The van der Waals surface area contributed by atoms with Gasteiger partial charge in [0.15, 0.2) is 0 Å². The number of ether oxygens (including phenoxy) is 1. The minimum absolute atomic E-state index is 0.0837. The quantitative estimate of drug-likeness (QED) is 0.170. The van der Waals surface area contributed by atoms with Gasteiger partial charge in [-0.3, -0.25) is 4.79 Å². The zero-order chi connectivity index (χ0) is 19.6. The summed E-state index contributed by atoms with van der Waals surface area (Å²) in [7, 11) is 1.46. The lowest BCUT2D eigenvalue weighted by Gasteiger charge is -2.13. The van der Waals surface area contributed by atoms with Gasteiger partial charge in [-0.2, -0.15) is 0 Å². The molecule has 0 heterocycles. The Bertz CT molecular complexity index is 492. The number of rotatable bonds is 16. The lowest BCUT2D eigenvalue weighted by Crippen LogP contribution is -1.99. The molecule has 0 saturated carbocycles. The highest BCUT2D eigenvalue weighted by atomic mass is 16.5. The third-order valence-corrected chi connectivity index (χ3v) is 5.19. The Morgan fingerprint density at radius 1 is 0.926 bits per heavy atom. The van der Waals surface area contributed by atoms with Gasteiger partial charge in [-0.15, -0.1) is 0 Å². The summed E-state index contributed by atoms with van der Waals surface area (Å²) in [5.74, 6) is 0.479. The van der Waals surface area contributed by atoms with Crippen LogP contribution in [-0.2, 0) is 9.53 Å². The van der Waals surface area contributed by atoms with Gasteiger partial charge in [0.1, 0.15) is 0 Å². The van der Waals surface area contributed by atoms with E-state index in [1.807, 2.05) is 0 Å². The normalized spacial score (nSPS) is 12.4. The maximum Gasteiger partial charge on any atom is 0.305 e. The Morgan fingerprint density at radius 2 is 1.59 bits per heavy atom. The summed E-state index contributed by atoms with van der Waals surface area (Å²) in [4.78, 5) is 11.1. The Morgan fingerprint density at radius 3 is 2.33 bits per heavy atom. The smallest absolute Gasteiger partial charge is 0.305 e. The van der Waals surface area contributed by atoms with E-state index in [1.54, 1.807) is 0 Å². The van der Waals surface area contributed by atoms with Crippen molar-refractivity contribution in [2.24, 2.45) is 0 Å². The molecule has 0 amide bonds. The van der Waals surface area contributed by atoms with Gasteiger partial charge < -0.3 is 4.74 Å². The number of carbonyl (C=O) groups excluding carboxylic acids is 1. The second-order valence-corrected chi connectivity index (χ2v) is 7.53. The van der Waals surface area contributed by atoms with Gasteiger partial charge >= 0.3 is 5.97 Å². The highest BCUT2D eigenvalue weighted by Gasteiger charge is 2.07. The largest absolute Gasteiger partial charge is 0.469 e. The molecule has 2 nitrogen and oxygen atoms in total. The number of carbonyl (C=O) groups is 1. The summed E-state index contributed by atoms with van der Waals surface area (Å²) in [6, 6.07) is 10.9. The van der Waals surface area contributed by atoms with Crippen LogP contribution in [0.15, 0.2) is 42.5 Å². The van der Waals surface area contributed by atoms with Gasteiger partial charge in [0, 0.05) is 12.3 Å². The van der Waals surface area contributed by atoms with Gasteiger partial charge in [-0.1, -0.05) is 101 Å². The first-order valence-corrected chi connectivity index (χ1v) is 11.1. The molecule has 0 bridgehead atoms. The van der Waals surface area contributed by atoms with Crippen LogP contribution in [0, 0.1) is 0 Å². The number of benzene rings is 1. The highest BCUT2D eigenvalue weighted by molar-refractivity contribution is 5.68. The molecule has 1 atom stereocenters. The van der Waals surface area contributed by atoms with Crippen molar-refractivity contribution in [2.75, 3.05) is 7.11 Å². The van der Waals surface area contributed by atoms with Crippen LogP contribution in [-0.4, -0.2) is 13.1 Å². The molecule has 1 aromatic rings. The van der Waals surface area contributed by atoms with E-state index in [2.05, 4.69) is 54.1 Å². The first-order chi connectivity index (χ1) is 13.3. The average molecular weight is 373 g/mol. The summed E-state index contributed by atoms with van der Waals surface area (Å²) in [5.41, 5.74) is 1.45. The van der Waals surface area contributed by atoms with Crippen molar-refractivity contribution in [1.29, 1.82) is 0 Å². The third kappa shape index (κ3) is 12.4. The van der Waals surface area contributed by atoms with Gasteiger partial charge in [0.25, 0.3) is 0 Å². The molecule has 0 radical (unpaired) electrons. The molecule has 0 N–H and O–H groups in total. The predicted molar refractivity (Wildman–Crippen MR) is 116 cm³/mol. The van der Waals surface area contributed by atoms with E-state index in [0.29, 0.717) is 12.3 Å². The molecule has 0 spiro atoms. The molecule has 2 heteroatoms. The van der Waals surface area contributed by atoms with Crippen molar-refractivity contribution < 1.29 is 9.53 Å². The lowest BCUT2D eigenvalue weighted by molar-refractivity contribution is -0.140. The maximum absolute atomic E-state index is 11.1. The summed E-state index contributed by atoms with van der Waals surface area (Å²) in [5, 5.41) is 0. The average Bonchev–Trinajstić information content (AvgIpc) is 2.71. The number of esters is 1. The van der Waals surface area contributed by atoms with E-state index in [4.69, 9.17) is 0 Å². The fourth-order valence-electron chi connectivity index (χ4n) is 3.47. The van der Waals surface area contributed by atoms with Crippen LogP contribution in [0.4, 0.5) is 0 Å². The Hall–Kier alpha value is -1.57. The summed E-state index contributed by atoms with van der Waals surface area (Å²) >= 11 is 0. The van der Waals surface area contributed by atoms with Crippen molar-refractivity contribution in [3.8, 4) is 0 Å². The van der Waals surface area contributed by atoms with E-state index in [-0.39, 0.29) is 5.97 Å². The van der Waals surface area contributed by atoms with Crippen LogP contribution in [0.1, 0.15) is 102 Å². The Balaban J connectivity index is 2.24. The van der Waals surface area contributed by atoms with E-state index in [0.717, 1.165) is 19.3 Å². The van der Waals surface area contributed by atoms with E-state index >= 15 is 0 Å². The van der Waals surface area contributed by atoms with Crippen LogP contribution in [0.25, 0.3) is 0 Å². The molecule has 1 rings (SSSR count). The number of hydrogen-bond donors (Lipinski definition) is 0. The fourth-order valence-corrected chi connectivity index (χ4v) is 3.47. The van der Waals surface area contributed by atoms with Crippen molar-refractivity contribution in [1.82, 2.24) is 0 Å². The second kappa shape index (κ2) is 16.6. The molecule has 1 unspecified atom stereocenters. The maximum atomic E-state index is 11.1. The molecule has 0 aliphatic carbocycles. The van der Waals surface area contributed by atoms with E-state index in [1.165, 1.54) is 70.5 Å². The van der Waals surface area contributed by atoms with E-state index in [9.17, 15) is 4.79 Å². The summed E-state index contributed by atoms with van der Waals surface area (Å²) < 4.78 is 4.67. The van der Waals surface area contributed by atoms with Gasteiger partial charge in [0.05, 0.1) is 7.11 Å². The molecule has 27 heavy (non-hydrogen) atoms. The van der Waals surface area contributed by atoms with Crippen LogP contribution >= 0.6 is 0 Å². The minimum atomic E-state index is -0.0837. The molecule has 0 aromatic heterocycles. The molecule has 0 aliphatic heterocycles. The first-order valence-electron chi connectivity index (χ1n) is 11.1. The molecular weight excluding hydrogens is 332 g/mol. The number of hydrogen-bond acceptors (Lipinski definition) is 2. The lowest BCUT2D eigenvalue weighted by atomic mass is 9.92. The Labute approximate surface area is 167 Å². The van der Waals surface area contributed by atoms with Crippen LogP contribution in [0.2, 0.25) is 0 Å². The topological polar surface area (TPSA) is 26.3 Å². The minimum Gasteiger partial charge on any atom is -0.469 e. The van der Waals surface area contributed by atoms with Crippen molar-refractivity contribution in [3.05, 3.63) is 48.0 Å². The highest BCUT2D eigenvalue weighted by Crippen LogP contribution is 2.24. The molecule has 0 fully saturated rings. The summed E-state index contributed by atoms with van der Waals surface area (Å²) in [6.07, 6.45) is 20.3. The summed E-state index contributed by atoms with van der Waals surface area (Å²) in [6.45, 7) is 2.27. The van der Waals surface area contributed by atoms with E-state index < -0.39 is 0 Å². The number of methoxy groups -OCH3 is 1. The first kappa shape index (κ1) is 23.5. The molecule has 0 saturated heterocycles. The Kier molecular flexibility index (Phi) is 14.4. The van der Waals surface area contributed by atoms with Gasteiger partial charge in [-0.05, 0) is 31.2 Å². The van der Waals surface area contributed by atoms with Crippen LogP contribution < -0.4 is 0 Å². The molecule has 152 valence electrons. The van der Waals surface area contributed by atoms with Crippen LogP contribution in [0.3, 0.4) is 0 Å². The van der Waals surface area contributed by atoms with Gasteiger partial charge in [-0.25, -0.2) is 0 Å². The SMILES string of the molecule is CCCCCCCC(/C=C/CCCCCCCC(=O)OC)c1ccccc1. The number of allylic oxidation sites excluding steroid dienone is 2. The third-order valence-electron chi connectivity index (χ3n) is 5.19. The van der Waals surface area contributed by atoms with Crippen LogP contribution in [0.5, 0.6) is 0 Å². The fraction of sp³-hybridized carbons (Fsp3) is 0.640. The predicted octanol–water partition coefficient (Wildman–Crippen LogP) is 7.59. The zero-order valence-electron chi connectivity index (χ0n) is 17.6. The zero-order valence-corrected chi connectivity index (χ0v) is 17.6. The van der Waals surface area contributed by atoms with Gasteiger partial charge in [0.2, 0.25) is 0 Å².